The van der Waals surface area contributed by atoms with Gasteiger partial charge in [-0.15, -0.1) is 0 Å². The van der Waals surface area contributed by atoms with E-state index in [2.05, 4.69) is 5.32 Å². The van der Waals surface area contributed by atoms with Gasteiger partial charge in [-0.25, -0.2) is 9.59 Å². The van der Waals surface area contributed by atoms with E-state index in [-0.39, 0.29) is 45.7 Å². The SMILES string of the molecule is CCOC(=O)C1(CNC(=O)OCc2ccccc2)CCN(C(=O)O)CC1. The predicted molar refractivity (Wildman–Crippen MR) is 92.5 cm³/mol. The van der Waals surface area contributed by atoms with Crippen molar-refractivity contribution in [2.45, 2.75) is 26.4 Å². The first kappa shape index (κ1) is 19.6. The van der Waals surface area contributed by atoms with Crippen LogP contribution in [-0.4, -0.2) is 54.4 Å². The van der Waals surface area contributed by atoms with Gasteiger partial charge in [0.15, 0.2) is 0 Å². The second-order valence-electron chi connectivity index (χ2n) is 6.19. The van der Waals surface area contributed by atoms with Gasteiger partial charge >= 0.3 is 18.2 Å². The van der Waals surface area contributed by atoms with Crippen LogP contribution in [0.1, 0.15) is 25.3 Å². The van der Waals surface area contributed by atoms with Gasteiger partial charge in [-0.05, 0) is 25.3 Å². The number of nitrogens with zero attached hydrogens (tertiary/aromatic N) is 1. The van der Waals surface area contributed by atoms with E-state index in [9.17, 15) is 14.4 Å². The number of hydrogen-bond donors (Lipinski definition) is 2. The van der Waals surface area contributed by atoms with Gasteiger partial charge in [0.25, 0.3) is 0 Å². The number of ether oxygens (including phenoxy) is 2. The quantitative estimate of drug-likeness (QED) is 0.750. The van der Waals surface area contributed by atoms with Crippen molar-refractivity contribution in [3.63, 3.8) is 0 Å². The van der Waals surface area contributed by atoms with E-state index in [1.807, 2.05) is 30.3 Å². The van der Waals surface area contributed by atoms with Crippen LogP contribution in [0.4, 0.5) is 9.59 Å². The number of benzene rings is 1. The normalized spacial score (nSPS) is 15.8. The summed E-state index contributed by atoms with van der Waals surface area (Å²) in [4.78, 5) is 36.7. The highest BCUT2D eigenvalue weighted by Gasteiger charge is 2.44. The lowest BCUT2D eigenvalue weighted by molar-refractivity contribution is -0.158. The van der Waals surface area contributed by atoms with Gasteiger partial charge in [-0.1, -0.05) is 30.3 Å². The summed E-state index contributed by atoms with van der Waals surface area (Å²) in [6, 6.07) is 9.26. The molecule has 1 heterocycles. The Morgan fingerprint density at radius 3 is 2.38 bits per heavy atom. The number of carbonyl (C=O) groups is 3. The van der Waals surface area contributed by atoms with Gasteiger partial charge in [0.2, 0.25) is 0 Å². The van der Waals surface area contributed by atoms with E-state index in [1.165, 1.54) is 4.90 Å². The molecule has 2 amide bonds. The van der Waals surface area contributed by atoms with E-state index in [1.54, 1.807) is 6.92 Å². The van der Waals surface area contributed by atoms with Gasteiger partial charge in [0.1, 0.15) is 6.61 Å². The van der Waals surface area contributed by atoms with Crippen LogP contribution in [0, 0.1) is 5.41 Å². The lowest BCUT2D eigenvalue weighted by Gasteiger charge is -2.38. The summed E-state index contributed by atoms with van der Waals surface area (Å²) in [6.45, 7) is 2.55. The molecule has 8 nitrogen and oxygen atoms in total. The van der Waals surface area contributed by atoms with Crippen molar-refractivity contribution in [2.24, 2.45) is 5.41 Å². The van der Waals surface area contributed by atoms with Crippen molar-refractivity contribution in [1.82, 2.24) is 10.2 Å². The van der Waals surface area contributed by atoms with E-state index in [0.29, 0.717) is 0 Å². The molecule has 0 unspecified atom stereocenters. The number of esters is 1. The fraction of sp³-hybridized carbons (Fsp3) is 0.500. The molecule has 0 saturated carbocycles. The van der Waals surface area contributed by atoms with Crippen molar-refractivity contribution < 1.29 is 29.0 Å². The maximum atomic E-state index is 12.4. The summed E-state index contributed by atoms with van der Waals surface area (Å²) in [5.74, 6) is -0.423. The van der Waals surface area contributed by atoms with Crippen LogP contribution in [-0.2, 0) is 20.9 Å². The van der Waals surface area contributed by atoms with Crippen molar-refractivity contribution in [3.05, 3.63) is 35.9 Å². The molecule has 0 aromatic heterocycles. The molecular formula is C18H24N2O6. The molecular weight excluding hydrogens is 340 g/mol. The average molecular weight is 364 g/mol. The number of piperidine rings is 1. The van der Waals surface area contributed by atoms with Gasteiger partial charge < -0.3 is 24.8 Å². The minimum absolute atomic E-state index is 0.0485. The largest absolute Gasteiger partial charge is 0.466 e. The Labute approximate surface area is 152 Å². The second kappa shape index (κ2) is 9.07. The maximum absolute atomic E-state index is 12.4. The van der Waals surface area contributed by atoms with E-state index < -0.39 is 23.6 Å². The van der Waals surface area contributed by atoms with Crippen LogP contribution < -0.4 is 5.32 Å². The van der Waals surface area contributed by atoms with E-state index >= 15 is 0 Å². The zero-order valence-corrected chi connectivity index (χ0v) is 14.8. The average Bonchev–Trinajstić information content (AvgIpc) is 2.66. The molecule has 0 aliphatic carbocycles. The highest BCUT2D eigenvalue weighted by molar-refractivity contribution is 5.79. The first-order valence-corrected chi connectivity index (χ1v) is 8.56. The summed E-state index contributed by atoms with van der Waals surface area (Å²) < 4.78 is 10.3. The molecule has 0 bridgehead atoms. The molecule has 0 spiro atoms. The zero-order valence-electron chi connectivity index (χ0n) is 14.8. The van der Waals surface area contributed by atoms with Crippen molar-refractivity contribution >= 4 is 18.2 Å². The molecule has 1 aromatic rings. The van der Waals surface area contributed by atoms with E-state index in [0.717, 1.165) is 5.56 Å². The predicted octanol–water partition coefficient (Wildman–Crippen LogP) is 2.24. The highest BCUT2D eigenvalue weighted by Crippen LogP contribution is 2.32. The molecule has 2 N–H and O–H groups in total. The molecule has 0 atom stereocenters. The number of nitrogens with one attached hydrogen (secondary N) is 1. The molecule has 2 rings (SSSR count). The van der Waals surface area contributed by atoms with Gasteiger partial charge in [-0.2, -0.15) is 0 Å². The molecule has 8 heteroatoms. The van der Waals surface area contributed by atoms with Crippen molar-refractivity contribution in [1.29, 1.82) is 0 Å². The van der Waals surface area contributed by atoms with Crippen molar-refractivity contribution in [2.75, 3.05) is 26.2 Å². The van der Waals surface area contributed by atoms with Crippen LogP contribution in [0.2, 0.25) is 0 Å². The third-order valence-corrected chi connectivity index (χ3v) is 4.48. The Kier molecular flexibility index (Phi) is 6.82. The summed E-state index contributed by atoms with van der Waals surface area (Å²) in [5, 5.41) is 11.7. The van der Waals surface area contributed by atoms with Crippen LogP contribution in [0.5, 0.6) is 0 Å². The molecule has 0 radical (unpaired) electrons. The third-order valence-electron chi connectivity index (χ3n) is 4.48. The smallest absolute Gasteiger partial charge is 0.407 e. The number of carbonyl (C=O) groups excluding carboxylic acids is 2. The van der Waals surface area contributed by atoms with Gasteiger partial charge in [0, 0.05) is 19.6 Å². The minimum atomic E-state index is -1.02. The minimum Gasteiger partial charge on any atom is -0.466 e. The van der Waals surface area contributed by atoms with Gasteiger partial charge in [-0.3, -0.25) is 4.79 Å². The lowest BCUT2D eigenvalue weighted by atomic mass is 9.78. The Morgan fingerprint density at radius 2 is 1.81 bits per heavy atom. The number of rotatable bonds is 6. The number of carboxylic acid groups (broad SMARTS) is 1. The molecule has 1 aliphatic rings. The molecule has 26 heavy (non-hydrogen) atoms. The number of alkyl carbamates (subject to hydrolysis) is 1. The fourth-order valence-corrected chi connectivity index (χ4v) is 2.88. The first-order chi connectivity index (χ1) is 12.5. The second-order valence-corrected chi connectivity index (χ2v) is 6.19. The first-order valence-electron chi connectivity index (χ1n) is 8.56. The Bertz CT molecular complexity index is 626. The van der Waals surface area contributed by atoms with Gasteiger partial charge in [0.05, 0.1) is 12.0 Å². The summed E-state index contributed by atoms with van der Waals surface area (Å²) >= 11 is 0. The zero-order chi connectivity index (χ0) is 19.0. The number of amides is 2. The summed E-state index contributed by atoms with van der Waals surface area (Å²) in [6.07, 6.45) is -1.07. The Balaban J connectivity index is 1.91. The van der Waals surface area contributed by atoms with Crippen LogP contribution in [0.3, 0.4) is 0 Å². The van der Waals surface area contributed by atoms with Crippen LogP contribution in [0.15, 0.2) is 30.3 Å². The molecule has 1 aliphatic heterocycles. The molecule has 1 aromatic carbocycles. The maximum Gasteiger partial charge on any atom is 0.407 e. The lowest BCUT2D eigenvalue weighted by Crippen LogP contribution is -2.52. The molecule has 142 valence electrons. The monoisotopic (exact) mass is 364 g/mol. The summed E-state index contributed by atoms with van der Waals surface area (Å²) in [5.41, 5.74) is -0.0780. The number of likely N-dealkylation sites (tertiary alicyclic amines) is 1. The highest BCUT2D eigenvalue weighted by atomic mass is 16.5. The van der Waals surface area contributed by atoms with Crippen LogP contribution >= 0.6 is 0 Å². The topological polar surface area (TPSA) is 105 Å². The van der Waals surface area contributed by atoms with E-state index in [4.69, 9.17) is 14.6 Å². The Morgan fingerprint density at radius 1 is 1.15 bits per heavy atom. The third kappa shape index (κ3) is 5.11. The Hall–Kier alpha value is -2.77. The fourth-order valence-electron chi connectivity index (χ4n) is 2.88. The molecule has 1 fully saturated rings. The van der Waals surface area contributed by atoms with Crippen LogP contribution in [0.25, 0.3) is 0 Å². The number of hydrogen-bond acceptors (Lipinski definition) is 5. The van der Waals surface area contributed by atoms with Crippen molar-refractivity contribution in [3.8, 4) is 0 Å². The standard InChI is InChI=1S/C18H24N2O6/c1-2-25-15(21)18(8-10-20(11-9-18)17(23)24)13-19-16(22)26-12-14-6-4-3-5-7-14/h3-7H,2,8-13H2,1H3,(H,19,22)(H,23,24). The molecule has 1 saturated heterocycles. The summed E-state index contributed by atoms with van der Waals surface area (Å²) in [7, 11) is 0.